The quantitative estimate of drug-likeness (QED) is 0.485. The molecule has 2 saturated heterocycles. The van der Waals surface area contributed by atoms with Gasteiger partial charge in [-0.2, -0.15) is 0 Å². The Morgan fingerprint density at radius 1 is 1.03 bits per heavy atom. The predicted octanol–water partition coefficient (Wildman–Crippen LogP) is 5.09. The summed E-state index contributed by atoms with van der Waals surface area (Å²) < 4.78 is 30.2. The summed E-state index contributed by atoms with van der Waals surface area (Å²) in [6, 6.07) is 16.0. The van der Waals surface area contributed by atoms with Crippen LogP contribution in [-0.4, -0.2) is 54.2 Å². The zero-order chi connectivity index (χ0) is 26.8. The smallest absolute Gasteiger partial charge is 0.489 e. The molecule has 0 spiro atoms. The number of nitrogens with zero attached hydrogens (tertiary/aromatic N) is 1. The topological polar surface area (TPSA) is 66.5 Å². The highest BCUT2D eigenvalue weighted by Gasteiger charge is 2.52. The van der Waals surface area contributed by atoms with Crippen LogP contribution in [0, 0.1) is 0 Å². The van der Waals surface area contributed by atoms with Crippen molar-refractivity contribution in [3.63, 3.8) is 0 Å². The maximum atomic E-state index is 13.2. The number of carbonyl (C=O) groups is 1. The SMILES string of the molecule is CC(C)(C)OC(=O)N(Cc1cc(OCc2ccccc2)cc(B2OC(C)(C)C(C)(C)O2)c1)C1CCOC1. The van der Waals surface area contributed by atoms with Crippen LogP contribution in [0.3, 0.4) is 0 Å². The van der Waals surface area contributed by atoms with Gasteiger partial charge in [-0.1, -0.05) is 36.4 Å². The number of benzene rings is 2. The van der Waals surface area contributed by atoms with Crippen LogP contribution in [0.1, 0.15) is 66.0 Å². The molecule has 0 aliphatic carbocycles. The van der Waals surface area contributed by atoms with Gasteiger partial charge in [0.15, 0.2) is 0 Å². The van der Waals surface area contributed by atoms with E-state index < -0.39 is 23.9 Å². The lowest BCUT2D eigenvalue weighted by Gasteiger charge is -2.32. The van der Waals surface area contributed by atoms with Gasteiger partial charge in [-0.05, 0) is 83.6 Å². The molecule has 4 rings (SSSR count). The van der Waals surface area contributed by atoms with Gasteiger partial charge in [-0.3, -0.25) is 4.90 Å². The Hall–Kier alpha value is -2.55. The highest BCUT2D eigenvalue weighted by Crippen LogP contribution is 2.37. The molecule has 1 amide bonds. The Morgan fingerprint density at radius 2 is 1.70 bits per heavy atom. The summed E-state index contributed by atoms with van der Waals surface area (Å²) in [6.07, 6.45) is 0.420. The van der Waals surface area contributed by atoms with Gasteiger partial charge < -0.3 is 23.5 Å². The maximum Gasteiger partial charge on any atom is 0.494 e. The third-order valence-electron chi connectivity index (χ3n) is 7.09. The molecule has 2 aromatic carbocycles. The summed E-state index contributed by atoms with van der Waals surface area (Å²) in [7, 11) is -0.547. The maximum absolute atomic E-state index is 13.2. The molecule has 200 valence electrons. The lowest BCUT2D eigenvalue weighted by molar-refractivity contribution is 0.00578. The Labute approximate surface area is 221 Å². The molecule has 0 N–H and O–H groups in total. The van der Waals surface area contributed by atoms with Gasteiger partial charge in [0.25, 0.3) is 0 Å². The highest BCUT2D eigenvalue weighted by atomic mass is 16.7. The van der Waals surface area contributed by atoms with Crippen molar-refractivity contribution >= 4 is 18.7 Å². The Morgan fingerprint density at radius 3 is 2.30 bits per heavy atom. The van der Waals surface area contributed by atoms with Crippen LogP contribution in [-0.2, 0) is 31.9 Å². The van der Waals surface area contributed by atoms with Crippen LogP contribution in [0.4, 0.5) is 4.79 Å². The minimum absolute atomic E-state index is 0.0518. The molecule has 2 fully saturated rings. The third kappa shape index (κ3) is 6.86. The second-order valence-electron chi connectivity index (χ2n) is 11.9. The fourth-order valence-corrected chi connectivity index (χ4v) is 4.34. The molecule has 1 unspecified atom stereocenters. The van der Waals surface area contributed by atoms with Crippen LogP contribution in [0.5, 0.6) is 5.75 Å². The number of ether oxygens (including phenoxy) is 3. The van der Waals surface area contributed by atoms with Crippen molar-refractivity contribution in [3.05, 3.63) is 59.7 Å². The molecule has 8 heteroatoms. The molecule has 2 heterocycles. The first-order chi connectivity index (χ1) is 17.3. The van der Waals surface area contributed by atoms with Crippen molar-refractivity contribution in [2.24, 2.45) is 0 Å². The number of amides is 1. The van der Waals surface area contributed by atoms with Gasteiger partial charge in [0.05, 0.1) is 23.9 Å². The highest BCUT2D eigenvalue weighted by molar-refractivity contribution is 6.62. The number of carbonyl (C=O) groups excluding carboxylic acids is 1. The fraction of sp³-hybridized carbons (Fsp3) is 0.552. The second-order valence-corrected chi connectivity index (χ2v) is 11.9. The Bertz CT molecular complexity index is 1060. The molecular formula is C29H40BNO6. The summed E-state index contributed by atoms with van der Waals surface area (Å²) in [5.41, 5.74) is 1.30. The van der Waals surface area contributed by atoms with Crippen LogP contribution >= 0.6 is 0 Å². The average Bonchev–Trinajstić information content (AvgIpc) is 3.41. The van der Waals surface area contributed by atoms with Crippen LogP contribution in [0.15, 0.2) is 48.5 Å². The zero-order valence-electron chi connectivity index (χ0n) is 23.2. The molecular weight excluding hydrogens is 469 g/mol. The van der Waals surface area contributed by atoms with Gasteiger partial charge >= 0.3 is 13.2 Å². The molecule has 37 heavy (non-hydrogen) atoms. The van der Waals surface area contributed by atoms with Crippen molar-refractivity contribution in [1.82, 2.24) is 4.90 Å². The standard InChI is InChI=1S/C29H40BNO6/c1-27(2,3)35-26(32)31(24-13-14-33-20-24)18-22-15-23(30-36-28(4,5)29(6,7)37-30)17-25(16-22)34-19-21-11-9-8-10-12-21/h8-12,15-17,24H,13-14,18-20H2,1-7H3. The van der Waals surface area contributed by atoms with Gasteiger partial charge in [0.2, 0.25) is 0 Å². The summed E-state index contributed by atoms with van der Waals surface area (Å²) in [6.45, 7) is 15.7. The fourth-order valence-electron chi connectivity index (χ4n) is 4.34. The van der Waals surface area contributed by atoms with E-state index in [-0.39, 0.29) is 12.1 Å². The molecule has 2 aromatic rings. The van der Waals surface area contributed by atoms with E-state index >= 15 is 0 Å². The van der Waals surface area contributed by atoms with E-state index in [4.69, 9.17) is 23.5 Å². The van der Waals surface area contributed by atoms with Crippen molar-refractivity contribution in [2.75, 3.05) is 13.2 Å². The number of hydrogen-bond acceptors (Lipinski definition) is 6. The molecule has 7 nitrogen and oxygen atoms in total. The summed E-state index contributed by atoms with van der Waals surface area (Å²) in [5, 5.41) is 0. The Kier molecular flexibility index (Phi) is 7.93. The first-order valence-electron chi connectivity index (χ1n) is 13.1. The van der Waals surface area contributed by atoms with Crippen molar-refractivity contribution < 1.29 is 28.3 Å². The van der Waals surface area contributed by atoms with Crippen molar-refractivity contribution in [2.45, 2.75) is 90.9 Å². The molecule has 0 bridgehead atoms. The van der Waals surface area contributed by atoms with Crippen LogP contribution < -0.4 is 10.2 Å². The van der Waals surface area contributed by atoms with E-state index in [1.54, 1.807) is 4.90 Å². The summed E-state index contributed by atoms with van der Waals surface area (Å²) in [5.74, 6) is 0.692. The minimum Gasteiger partial charge on any atom is -0.489 e. The van der Waals surface area contributed by atoms with E-state index in [0.717, 1.165) is 23.0 Å². The third-order valence-corrected chi connectivity index (χ3v) is 7.09. The van der Waals surface area contributed by atoms with E-state index in [2.05, 4.69) is 0 Å². The summed E-state index contributed by atoms with van der Waals surface area (Å²) >= 11 is 0. The van der Waals surface area contributed by atoms with Crippen LogP contribution in [0.25, 0.3) is 0 Å². The molecule has 2 aliphatic rings. The molecule has 2 aliphatic heterocycles. The van der Waals surface area contributed by atoms with Gasteiger partial charge in [0, 0.05) is 13.2 Å². The van der Waals surface area contributed by atoms with E-state index in [1.165, 1.54) is 0 Å². The Balaban J connectivity index is 1.64. The summed E-state index contributed by atoms with van der Waals surface area (Å²) in [4.78, 5) is 15.0. The predicted molar refractivity (Wildman–Crippen MR) is 144 cm³/mol. The van der Waals surface area contributed by atoms with Crippen LogP contribution in [0.2, 0.25) is 0 Å². The monoisotopic (exact) mass is 509 g/mol. The van der Waals surface area contributed by atoms with Crippen molar-refractivity contribution in [3.8, 4) is 5.75 Å². The second kappa shape index (κ2) is 10.7. The molecule has 0 aromatic heterocycles. The van der Waals surface area contributed by atoms with Gasteiger partial charge in [0.1, 0.15) is 18.0 Å². The molecule has 1 atom stereocenters. The van der Waals surface area contributed by atoms with Crippen molar-refractivity contribution in [1.29, 1.82) is 0 Å². The van der Waals surface area contributed by atoms with E-state index in [1.807, 2.05) is 97.0 Å². The molecule has 0 saturated carbocycles. The molecule has 0 radical (unpaired) electrons. The van der Waals surface area contributed by atoms with Gasteiger partial charge in [-0.15, -0.1) is 0 Å². The lowest BCUT2D eigenvalue weighted by atomic mass is 9.78. The lowest BCUT2D eigenvalue weighted by Crippen LogP contribution is -2.43. The average molecular weight is 509 g/mol. The first-order valence-corrected chi connectivity index (χ1v) is 13.1. The largest absolute Gasteiger partial charge is 0.494 e. The first kappa shape index (κ1) is 27.5. The van der Waals surface area contributed by atoms with E-state index in [0.29, 0.717) is 32.1 Å². The number of hydrogen-bond donors (Lipinski definition) is 0. The normalized spacial score (nSPS) is 20.6. The van der Waals surface area contributed by atoms with Gasteiger partial charge in [-0.25, -0.2) is 4.79 Å². The van der Waals surface area contributed by atoms with E-state index in [9.17, 15) is 4.79 Å². The minimum atomic E-state index is -0.594. The zero-order valence-corrected chi connectivity index (χ0v) is 23.2. The number of rotatable bonds is 7.